The smallest absolute Gasteiger partial charge is 0.0982 e. The van der Waals surface area contributed by atoms with Crippen LogP contribution in [0.2, 0.25) is 0 Å². The van der Waals surface area contributed by atoms with E-state index < -0.39 is 0 Å². The maximum atomic E-state index is 4.72. The molecule has 0 amide bonds. The van der Waals surface area contributed by atoms with Crippen LogP contribution in [0.1, 0.15) is 55.6 Å². The van der Waals surface area contributed by atoms with Gasteiger partial charge >= 0.3 is 0 Å². The third-order valence-corrected chi connectivity index (χ3v) is 4.68. The Balaban J connectivity index is 1.95. The summed E-state index contributed by atoms with van der Waals surface area (Å²) < 4.78 is 0. The maximum Gasteiger partial charge on any atom is 0.0982 e. The van der Waals surface area contributed by atoms with Crippen molar-refractivity contribution >= 4 is 11.3 Å². The lowest BCUT2D eigenvalue weighted by Crippen LogP contribution is -2.18. The number of aryl methyl sites for hydroxylation is 1. The number of nitrogens with zero attached hydrogens (tertiary/aromatic N) is 1. The Hall–Kier alpha value is -1.19. The van der Waals surface area contributed by atoms with Crippen molar-refractivity contribution in [3.8, 4) is 0 Å². The van der Waals surface area contributed by atoms with E-state index in [0.717, 1.165) is 12.2 Å². The lowest BCUT2D eigenvalue weighted by atomic mass is 9.98. The molecule has 2 nitrogen and oxygen atoms in total. The van der Waals surface area contributed by atoms with Gasteiger partial charge in [0.2, 0.25) is 0 Å². The Labute approximate surface area is 126 Å². The van der Waals surface area contributed by atoms with Gasteiger partial charge in [0, 0.05) is 23.4 Å². The Morgan fingerprint density at radius 3 is 2.40 bits per heavy atom. The Bertz CT molecular complexity index is 549. The van der Waals surface area contributed by atoms with Crippen LogP contribution in [-0.2, 0) is 12.0 Å². The van der Waals surface area contributed by atoms with E-state index in [-0.39, 0.29) is 5.41 Å². The molecule has 0 saturated heterocycles. The molecular weight excluding hydrogens is 264 g/mol. The first-order chi connectivity index (χ1) is 9.36. The standard InChI is InChI=1S/C17H24N2S/c1-12-6-8-14(9-7-12)13(2)18-10-15-11-20-16(19-15)17(3,4)5/h6-9,11,13,18H,10H2,1-5H3/t13-/m0/s1. The molecular formula is C17H24N2S. The molecule has 20 heavy (non-hydrogen) atoms. The fourth-order valence-corrected chi connectivity index (χ4v) is 2.87. The van der Waals surface area contributed by atoms with E-state index in [1.807, 2.05) is 0 Å². The lowest BCUT2D eigenvalue weighted by Gasteiger charge is -2.15. The molecule has 1 aromatic heterocycles. The highest BCUT2D eigenvalue weighted by Gasteiger charge is 2.18. The normalized spacial score (nSPS) is 13.4. The highest BCUT2D eigenvalue weighted by atomic mass is 32.1. The van der Waals surface area contributed by atoms with Crippen LogP contribution in [0.4, 0.5) is 0 Å². The average molecular weight is 288 g/mol. The second kappa shape index (κ2) is 6.06. The highest BCUT2D eigenvalue weighted by molar-refractivity contribution is 7.09. The molecule has 108 valence electrons. The molecule has 0 aliphatic rings. The van der Waals surface area contributed by atoms with Gasteiger partial charge in [-0.25, -0.2) is 4.98 Å². The first kappa shape index (κ1) is 15.2. The van der Waals surface area contributed by atoms with Crippen LogP contribution < -0.4 is 5.32 Å². The van der Waals surface area contributed by atoms with Crippen molar-refractivity contribution in [2.24, 2.45) is 0 Å². The van der Waals surface area contributed by atoms with Crippen molar-refractivity contribution < 1.29 is 0 Å². The summed E-state index contributed by atoms with van der Waals surface area (Å²) in [5.41, 5.74) is 3.90. The Kier molecular flexibility index (Phi) is 4.61. The van der Waals surface area contributed by atoms with Crippen molar-refractivity contribution in [3.63, 3.8) is 0 Å². The molecule has 0 radical (unpaired) electrons. The van der Waals surface area contributed by atoms with Crippen LogP contribution in [0, 0.1) is 6.92 Å². The van der Waals surface area contributed by atoms with Gasteiger partial charge in [-0.05, 0) is 19.4 Å². The summed E-state index contributed by atoms with van der Waals surface area (Å²) in [7, 11) is 0. The van der Waals surface area contributed by atoms with Crippen LogP contribution in [0.3, 0.4) is 0 Å². The molecule has 0 aliphatic carbocycles. The van der Waals surface area contributed by atoms with Gasteiger partial charge in [0.1, 0.15) is 0 Å². The van der Waals surface area contributed by atoms with Gasteiger partial charge in [-0.2, -0.15) is 0 Å². The van der Waals surface area contributed by atoms with Gasteiger partial charge in [-0.15, -0.1) is 11.3 Å². The molecule has 1 heterocycles. The van der Waals surface area contributed by atoms with Crippen molar-refractivity contribution in [1.82, 2.24) is 10.3 Å². The van der Waals surface area contributed by atoms with E-state index in [4.69, 9.17) is 4.98 Å². The van der Waals surface area contributed by atoms with E-state index in [9.17, 15) is 0 Å². The predicted molar refractivity (Wildman–Crippen MR) is 87.2 cm³/mol. The molecule has 0 spiro atoms. The number of nitrogens with one attached hydrogen (secondary N) is 1. The van der Waals surface area contributed by atoms with E-state index in [0.29, 0.717) is 6.04 Å². The van der Waals surface area contributed by atoms with Gasteiger partial charge in [-0.1, -0.05) is 50.6 Å². The number of aromatic nitrogens is 1. The van der Waals surface area contributed by atoms with E-state index in [2.05, 4.69) is 69.6 Å². The number of hydrogen-bond donors (Lipinski definition) is 1. The topological polar surface area (TPSA) is 24.9 Å². The predicted octanol–water partition coefficient (Wildman–Crippen LogP) is 4.60. The molecule has 1 N–H and O–H groups in total. The number of rotatable bonds is 4. The van der Waals surface area contributed by atoms with Gasteiger partial charge in [0.15, 0.2) is 0 Å². The number of thiazole rings is 1. The zero-order valence-corrected chi connectivity index (χ0v) is 13.8. The van der Waals surface area contributed by atoms with Gasteiger partial charge in [0.25, 0.3) is 0 Å². The average Bonchev–Trinajstić information content (AvgIpc) is 2.85. The van der Waals surface area contributed by atoms with E-state index in [1.54, 1.807) is 11.3 Å². The quantitative estimate of drug-likeness (QED) is 0.889. The monoisotopic (exact) mass is 288 g/mol. The minimum absolute atomic E-state index is 0.144. The summed E-state index contributed by atoms with van der Waals surface area (Å²) in [4.78, 5) is 4.72. The highest BCUT2D eigenvalue weighted by Crippen LogP contribution is 2.25. The van der Waals surface area contributed by atoms with Crippen molar-refractivity contribution in [2.45, 2.75) is 52.6 Å². The van der Waals surface area contributed by atoms with Crippen LogP contribution >= 0.6 is 11.3 Å². The molecule has 2 rings (SSSR count). The maximum absolute atomic E-state index is 4.72. The Morgan fingerprint density at radius 1 is 1.20 bits per heavy atom. The lowest BCUT2D eigenvalue weighted by molar-refractivity contribution is 0.556. The van der Waals surface area contributed by atoms with Crippen LogP contribution in [0.25, 0.3) is 0 Å². The van der Waals surface area contributed by atoms with Crippen LogP contribution in [0.15, 0.2) is 29.6 Å². The molecule has 2 aromatic rings. The van der Waals surface area contributed by atoms with Crippen molar-refractivity contribution in [2.75, 3.05) is 0 Å². The van der Waals surface area contributed by atoms with Crippen molar-refractivity contribution in [3.05, 3.63) is 51.5 Å². The third kappa shape index (κ3) is 3.90. The fourth-order valence-electron chi connectivity index (χ4n) is 1.96. The fraction of sp³-hybridized carbons (Fsp3) is 0.471. The first-order valence-corrected chi connectivity index (χ1v) is 7.99. The van der Waals surface area contributed by atoms with E-state index >= 15 is 0 Å². The molecule has 0 bridgehead atoms. The van der Waals surface area contributed by atoms with E-state index in [1.165, 1.54) is 16.1 Å². The van der Waals surface area contributed by atoms with Crippen LogP contribution in [-0.4, -0.2) is 4.98 Å². The number of benzene rings is 1. The summed E-state index contributed by atoms with van der Waals surface area (Å²) >= 11 is 1.75. The molecule has 1 atom stereocenters. The summed E-state index contributed by atoms with van der Waals surface area (Å²) in [6, 6.07) is 9.04. The zero-order chi connectivity index (χ0) is 14.8. The third-order valence-electron chi connectivity index (χ3n) is 3.36. The van der Waals surface area contributed by atoms with Crippen molar-refractivity contribution in [1.29, 1.82) is 0 Å². The zero-order valence-electron chi connectivity index (χ0n) is 13.0. The minimum atomic E-state index is 0.144. The first-order valence-electron chi connectivity index (χ1n) is 7.11. The van der Waals surface area contributed by atoms with Gasteiger partial charge in [-0.3, -0.25) is 0 Å². The molecule has 0 aliphatic heterocycles. The minimum Gasteiger partial charge on any atom is -0.305 e. The second-order valence-corrected chi connectivity index (χ2v) is 7.27. The summed E-state index contributed by atoms with van der Waals surface area (Å²) in [6.07, 6.45) is 0. The van der Waals surface area contributed by atoms with Gasteiger partial charge < -0.3 is 5.32 Å². The molecule has 0 saturated carbocycles. The SMILES string of the molecule is Cc1ccc([C@H](C)NCc2csc(C(C)(C)C)n2)cc1. The summed E-state index contributed by atoms with van der Waals surface area (Å²) in [6.45, 7) is 11.8. The van der Waals surface area contributed by atoms with Crippen LogP contribution in [0.5, 0.6) is 0 Å². The molecule has 1 aromatic carbocycles. The number of hydrogen-bond acceptors (Lipinski definition) is 3. The molecule has 0 unspecified atom stereocenters. The Morgan fingerprint density at radius 2 is 1.85 bits per heavy atom. The second-order valence-electron chi connectivity index (χ2n) is 6.41. The summed E-state index contributed by atoms with van der Waals surface area (Å²) in [5.74, 6) is 0. The summed E-state index contributed by atoms with van der Waals surface area (Å²) in [5, 5.41) is 6.91. The molecule has 0 fully saturated rings. The molecule has 3 heteroatoms. The largest absolute Gasteiger partial charge is 0.305 e. The van der Waals surface area contributed by atoms with Gasteiger partial charge in [0.05, 0.1) is 10.7 Å².